The molecule has 0 aromatic heterocycles. The molecule has 4 aromatic carbocycles. The van der Waals surface area contributed by atoms with Crippen LogP contribution in [0.1, 0.15) is 60.7 Å². The van der Waals surface area contributed by atoms with Crippen molar-refractivity contribution in [1.29, 1.82) is 0 Å². The molecule has 44 heavy (non-hydrogen) atoms. The van der Waals surface area contributed by atoms with Crippen LogP contribution in [0, 0.1) is 0 Å². The predicted octanol–water partition coefficient (Wildman–Crippen LogP) is 6.60. The highest BCUT2D eigenvalue weighted by Gasteiger charge is 2.28. The number of benzene rings is 4. The minimum absolute atomic E-state index is 0.0213. The van der Waals surface area contributed by atoms with Crippen LogP contribution in [0.3, 0.4) is 0 Å². The van der Waals surface area contributed by atoms with E-state index in [1.165, 1.54) is 5.56 Å². The highest BCUT2D eigenvalue weighted by atomic mass is 16.5. The van der Waals surface area contributed by atoms with Gasteiger partial charge in [-0.05, 0) is 85.2 Å². The number of carbonyl (C=O) groups is 3. The summed E-state index contributed by atoms with van der Waals surface area (Å²) in [6, 6.07) is 32.1. The molecule has 4 rings (SSSR count). The molecule has 0 aliphatic heterocycles. The number of rotatable bonds is 14. The van der Waals surface area contributed by atoms with E-state index in [0.717, 1.165) is 34.4 Å². The van der Waals surface area contributed by atoms with Crippen LogP contribution in [0.5, 0.6) is 5.75 Å². The normalized spacial score (nSPS) is 11.8. The topological polar surface area (TPSA) is 105 Å². The smallest absolute Gasteiger partial charge is 0.303 e. The minimum Gasteiger partial charge on any atom is -0.489 e. The van der Waals surface area contributed by atoms with E-state index in [1.54, 1.807) is 12.1 Å². The molecule has 0 unspecified atom stereocenters. The van der Waals surface area contributed by atoms with Gasteiger partial charge >= 0.3 is 5.97 Å². The Balaban J connectivity index is 1.37. The molecule has 0 saturated carbocycles. The molecular formula is C37H40N2O5. The number of aryl methyl sites for hydroxylation is 1. The van der Waals surface area contributed by atoms with Crippen molar-refractivity contribution in [3.05, 3.63) is 125 Å². The van der Waals surface area contributed by atoms with E-state index in [4.69, 9.17) is 4.74 Å². The Bertz CT molecular complexity index is 1550. The summed E-state index contributed by atoms with van der Waals surface area (Å²) in [4.78, 5) is 37.6. The summed E-state index contributed by atoms with van der Waals surface area (Å²) in [5.41, 5.74) is 5.05. The van der Waals surface area contributed by atoms with Gasteiger partial charge in [-0.25, -0.2) is 0 Å². The fraction of sp³-hybridized carbons (Fsp3) is 0.270. The second-order valence-electron chi connectivity index (χ2n) is 11.6. The van der Waals surface area contributed by atoms with Crippen LogP contribution in [0.25, 0.3) is 11.1 Å². The van der Waals surface area contributed by atoms with Crippen molar-refractivity contribution in [3.8, 4) is 16.9 Å². The van der Waals surface area contributed by atoms with Crippen LogP contribution < -0.4 is 15.4 Å². The molecule has 0 bridgehead atoms. The maximum atomic E-state index is 13.2. The van der Waals surface area contributed by atoms with Crippen LogP contribution in [-0.2, 0) is 29.0 Å². The Morgan fingerprint density at radius 3 is 2.07 bits per heavy atom. The Morgan fingerprint density at radius 2 is 1.43 bits per heavy atom. The van der Waals surface area contributed by atoms with Gasteiger partial charge in [0.25, 0.3) is 5.91 Å². The summed E-state index contributed by atoms with van der Waals surface area (Å²) < 4.78 is 5.95. The largest absolute Gasteiger partial charge is 0.489 e. The lowest BCUT2D eigenvalue weighted by Gasteiger charge is -2.29. The highest BCUT2D eigenvalue weighted by Crippen LogP contribution is 2.22. The molecule has 0 fully saturated rings. The number of carboxylic acids is 1. The SMILES string of the molecule is CCc1cccc(OCc2ccc(-c3ccc(C(=O)N[C@@H](CCC(=O)O)C(=O)NC(C)(C)Cc4ccccc4)cc3)cc2)c1. The summed E-state index contributed by atoms with van der Waals surface area (Å²) in [5.74, 6) is -1.05. The third-order valence-corrected chi connectivity index (χ3v) is 7.37. The van der Waals surface area contributed by atoms with Gasteiger partial charge in [0.2, 0.25) is 5.91 Å². The molecule has 7 heteroatoms. The first-order valence-corrected chi connectivity index (χ1v) is 14.9. The van der Waals surface area contributed by atoms with E-state index in [-0.39, 0.29) is 12.8 Å². The number of ether oxygens (including phenoxy) is 1. The average molecular weight is 593 g/mol. The zero-order valence-electron chi connectivity index (χ0n) is 25.5. The Labute approximate surface area is 259 Å². The molecule has 0 heterocycles. The number of hydrogen-bond donors (Lipinski definition) is 3. The Hall–Kier alpha value is -4.91. The number of nitrogens with one attached hydrogen (secondary N) is 2. The van der Waals surface area contributed by atoms with Gasteiger partial charge < -0.3 is 20.5 Å². The summed E-state index contributed by atoms with van der Waals surface area (Å²) in [7, 11) is 0. The van der Waals surface area contributed by atoms with Crippen LogP contribution in [-0.4, -0.2) is 34.5 Å². The second-order valence-corrected chi connectivity index (χ2v) is 11.6. The first kappa shape index (κ1) is 32.0. The van der Waals surface area contributed by atoms with Crippen LogP contribution in [0.2, 0.25) is 0 Å². The Morgan fingerprint density at radius 1 is 0.795 bits per heavy atom. The third kappa shape index (κ3) is 9.56. The number of carboxylic acid groups (broad SMARTS) is 1. The zero-order valence-corrected chi connectivity index (χ0v) is 25.5. The van der Waals surface area contributed by atoms with Crippen molar-refractivity contribution >= 4 is 17.8 Å². The average Bonchev–Trinajstić information content (AvgIpc) is 3.02. The van der Waals surface area contributed by atoms with Crippen molar-refractivity contribution in [1.82, 2.24) is 10.6 Å². The van der Waals surface area contributed by atoms with E-state index < -0.39 is 29.4 Å². The van der Waals surface area contributed by atoms with Crippen LogP contribution in [0.4, 0.5) is 0 Å². The van der Waals surface area contributed by atoms with E-state index >= 15 is 0 Å². The molecule has 228 valence electrons. The fourth-order valence-corrected chi connectivity index (χ4v) is 4.98. The van der Waals surface area contributed by atoms with Crippen molar-refractivity contribution in [2.45, 2.75) is 64.6 Å². The molecule has 0 spiro atoms. The number of aliphatic carboxylic acids is 1. The minimum atomic E-state index is -1.03. The quantitative estimate of drug-likeness (QED) is 0.153. The molecule has 7 nitrogen and oxygen atoms in total. The first-order chi connectivity index (χ1) is 21.1. The van der Waals surface area contributed by atoms with Crippen molar-refractivity contribution in [2.75, 3.05) is 0 Å². The van der Waals surface area contributed by atoms with Gasteiger partial charge in [-0.15, -0.1) is 0 Å². The lowest BCUT2D eigenvalue weighted by Crippen LogP contribution is -2.54. The van der Waals surface area contributed by atoms with Gasteiger partial charge in [-0.3, -0.25) is 14.4 Å². The third-order valence-electron chi connectivity index (χ3n) is 7.37. The van der Waals surface area contributed by atoms with Gasteiger partial charge in [0.05, 0.1) is 0 Å². The molecule has 2 amide bonds. The monoisotopic (exact) mass is 592 g/mol. The molecular weight excluding hydrogens is 552 g/mol. The van der Waals surface area contributed by atoms with Gasteiger partial charge in [0, 0.05) is 17.5 Å². The summed E-state index contributed by atoms with van der Waals surface area (Å²) in [6.07, 6.45) is 1.27. The van der Waals surface area contributed by atoms with Gasteiger partial charge in [0.1, 0.15) is 18.4 Å². The molecule has 0 radical (unpaired) electrons. The maximum absolute atomic E-state index is 13.2. The number of amides is 2. The molecule has 1 atom stereocenters. The second kappa shape index (κ2) is 15.0. The number of carbonyl (C=O) groups excluding carboxylic acids is 2. The van der Waals surface area contributed by atoms with E-state index in [1.807, 2.05) is 92.7 Å². The molecule has 3 N–H and O–H groups in total. The van der Waals surface area contributed by atoms with Crippen LogP contribution in [0.15, 0.2) is 103 Å². The van der Waals surface area contributed by atoms with Crippen molar-refractivity contribution in [2.24, 2.45) is 0 Å². The van der Waals surface area contributed by atoms with Crippen molar-refractivity contribution < 1.29 is 24.2 Å². The molecule has 0 saturated heterocycles. The first-order valence-electron chi connectivity index (χ1n) is 14.9. The van der Waals surface area contributed by atoms with Gasteiger partial charge in [-0.1, -0.05) is 85.8 Å². The lowest BCUT2D eigenvalue weighted by molar-refractivity contribution is -0.137. The summed E-state index contributed by atoms with van der Waals surface area (Å²) in [6.45, 7) is 6.38. The Kier molecular flexibility index (Phi) is 10.9. The highest BCUT2D eigenvalue weighted by molar-refractivity contribution is 5.98. The summed E-state index contributed by atoms with van der Waals surface area (Å²) >= 11 is 0. The van der Waals surface area contributed by atoms with E-state index in [2.05, 4.69) is 29.7 Å². The molecule has 4 aromatic rings. The predicted molar refractivity (Wildman–Crippen MR) is 173 cm³/mol. The zero-order chi connectivity index (χ0) is 31.5. The number of hydrogen-bond acceptors (Lipinski definition) is 4. The van der Waals surface area contributed by atoms with Gasteiger partial charge in [0.15, 0.2) is 0 Å². The standard InChI is InChI=1S/C37H40N2O5/c1-4-26-11-8-12-32(23-26)44-25-28-13-15-29(16-14-28)30-17-19-31(20-18-30)35(42)38-33(21-22-34(40)41)36(43)39-37(2,3)24-27-9-6-5-7-10-27/h5-20,23,33H,4,21-22,24-25H2,1-3H3,(H,38,42)(H,39,43)(H,40,41)/t33-/m0/s1. The lowest BCUT2D eigenvalue weighted by atomic mass is 9.94. The van der Waals surface area contributed by atoms with Crippen molar-refractivity contribution in [3.63, 3.8) is 0 Å². The molecule has 0 aliphatic carbocycles. The summed E-state index contributed by atoms with van der Waals surface area (Å²) in [5, 5.41) is 15.0. The maximum Gasteiger partial charge on any atom is 0.303 e. The van der Waals surface area contributed by atoms with E-state index in [0.29, 0.717) is 18.6 Å². The van der Waals surface area contributed by atoms with Gasteiger partial charge in [-0.2, -0.15) is 0 Å². The fourth-order valence-electron chi connectivity index (χ4n) is 4.98. The van der Waals surface area contributed by atoms with E-state index in [9.17, 15) is 19.5 Å². The van der Waals surface area contributed by atoms with Crippen LogP contribution >= 0.6 is 0 Å². The molecule has 0 aliphatic rings.